The van der Waals surface area contributed by atoms with E-state index >= 15 is 0 Å². The van der Waals surface area contributed by atoms with Crippen molar-refractivity contribution in [3.05, 3.63) is 29.8 Å². The molecule has 0 aromatic heterocycles. The highest BCUT2D eigenvalue weighted by Gasteiger charge is 2.21. The van der Waals surface area contributed by atoms with Gasteiger partial charge in [-0.2, -0.15) is 0 Å². The van der Waals surface area contributed by atoms with Crippen molar-refractivity contribution in [2.45, 2.75) is 44.6 Å². The number of nitrogens with one attached hydrogen (secondary N) is 1. The Morgan fingerprint density at radius 1 is 1.16 bits per heavy atom. The van der Waals surface area contributed by atoms with Crippen LogP contribution in [0.15, 0.2) is 24.3 Å². The van der Waals surface area contributed by atoms with E-state index in [1.54, 1.807) is 7.11 Å². The van der Waals surface area contributed by atoms with Crippen LogP contribution in [0.4, 0.5) is 10.5 Å². The number of nitrogens with zero attached hydrogens (tertiary/aromatic N) is 2. The van der Waals surface area contributed by atoms with Crippen LogP contribution < -0.4 is 10.2 Å². The Kier molecular flexibility index (Phi) is 6.70. The zero-order valence-electron chi connectivity index (χ0n) is 15.4. The SMILES string of the molecule is COC1CCN(CCNC(=O)N2CCCCCc3ccccc32)CC1. The van der Waals surface area contributed by atoms with E-state index in [2.05, 4.69) is 28.4 Å². The summed E-state index contributed by atoms with van der Waals surface area (Å²) in [6.45, 7) is 4.54. The zero-order valence-corrected chi connectivity index (χ0v) is 15.4. The van der Waals surface area contributed by atoms with E-state index in [0.717, 1.165) is 57.5 Å². The minimum absolute atomic E-state index is 0.0427. The van der Waals surface area contributed by atoms with Gasteiger partial charge in [-0.05, 0) is 43.7 Å². The Labute approximate surface area is 151 Å². The maximum atomic E-state index is 12.7. The van der Waals surface area contributed by atoms with Crippen molar-refractivity contribution in [3.8, 4) is 0 Å². The normalized spacial score (nSPS) is 19.8. The lowest BCUT2D eigenvalue weighted by molar-refractivity contribution is 0.0416. The summed E-state index contributed by atoms with van der Waals surface area (Å²) < 4.78 is 5.41. The summed E-state index contributed by atoms with van der Waals surface area (Å²) in [7, 11) is 1.79. The molecular formula is C20H31N3O2. The third-order valence-electron chi connectivity index (χ3n) is 5.43. The van der Waals surface area contributed by atoms with E-state index in [4.69, 9.17) is 4.74 Å². The number of hydrogen-bond acceptors (Lipinski definition) is 3. The van der Waals surface area contributed by atoms with Gasteiger partial charge in [-0.25, -0.2) is 4.79 Å². The minimum Gasteiger partial charge on any atom is -0.381 e. The largest absolute Gasteiger partial charge is 0.381 e. The van der Waals surface area contributed by atoms with Gasteiger partial charge in [0.05, 0.1) is 6.10 Å². The van der Waals surface area contributed by atoms with Crippen molar-refractivity contribution in [2.24, 2.45) is 0 Å². The molecule has 2 aliphatic rings. The first-order valence-electron chi connectivity index (χ1n) is 9.66. The predicted octanol–water partition coefficient (Wildman–Crippen LogP) is 3.04. The number of ether oxygens (including phenoxy) is 1. The molecular weight excluding hydrogens is 314 g/mol. The lowest BCUT2D eigenvalue weighted by Gasteiger charge is -2.32. The molecule has 1 fully saturated rings. The van der Waals surface area contributed by atoms with E-state index in [9.17, 15) is 4.79 Å². The van der Waals surface area contributed by atoms with Crippen molar-refractivity contribution in [1.82, 2.24) is 10.2 Å². The summed E-state index contributed by atoms with van der Waals surface area (Å²) in [5.41, 5.74) is 2.37. The van der Waals surface area contributed by atoms with Gasteiger partial charge in [-0.1, -0.05) is 24.6 Å². The van der Waals surface area contributed by atoms with E-state index < -0.39 is 0 Å². The van der Waals surface area contributed by atoms with E-state index in [1.807, 2.05) is 11.0 Å². The number of methoxy groups -OCH3 is 1. The molecule has 0 spiro atoms. The number of amides is 2. The monoisotopic (exact) mass is 345 g/mol. The van der Waals surface area contributed by atoms with Crippen molar-refractivity contribution in [2.75, 3.05) is 44.7 Å². The number of benzene rings is 1. The van der Waals surface area contributed by atoms with Gasteiger partial charge in [0, 0.05) is 45.5 Å². The molecule has 1 aromatic rings. The third kappa shape index (κ3) is 4.95. The predicted molar refractivity (Wildman–Crippen MR) is 101 cm³/mol. The van der Waals surface area contributed by atoms with Crippen LogP contribution >= 0.6 is 0 Å². The molecule has 0 bridgehead atoms. The van der Waals surface area contributed by atoms with Gasteiger partial charge in [0.15, 0.2) is 0 Å². The first kappa shape index (κ1) is 18.2. The zero-order chi connectivity index (χ0) is 17.5. The van der Waals surface area contributed by atoms with Crippen LogP contribution in [0.5, 0.6) is 0 Å². The Morgan fingerprint density at radius 3 is 2.76 bits per heavy atom. The molecule has 25 heavy (non-hydrogen) atoms. The average Bonchev–Trinajstić information content (AvgIpc) is 2.63. The Balaban J connectivity index is 1.51. The number of carbonyl (C=O) groups excluding carboxylic acids is 1. The van der Waals surface area contributed by atoms with Crippen LogP contribution in [0.2, 0.25) is 0 Å². The van der Waals surface area contributed by atoms with Crippen molar-refractivity contribution in [3.63, 3.8) is 0 Å². The summed E-state index contributed by atoms with van der Waals surface area (Å²) in [5, 5.41) is 3.13. The molecule has 2 amide bonds. The molecule has 0 saturated carbocycles. The van der Waals surface area contributed by atoms with Crippen molar-refractivity contribution < 1.29 is 9.53 Å². The molecule has 0 radical (unpaired) electrons. The van der Waals surface area contributed by atoms with E-state index in [0.29, 0.717) is 12.6 Å². The fraction of sp³-hybridized carbons (Fsp3) is 0.650. The van der Waals surface area contributed by atoms with Gasteiger partial charge in [0.2, 0.25) is 0 Å². The van der Waals surface area contributed by atoms with Gasteiger partial charge in [-0.3, -0.25) is 4.90 Å². The average molecular weight is 345 g/mol. The van der Waals surface area contributed by atoms with E-state index in [1.165, 1.54) is 18.4 Å². The molecule has 3 rings (SSSR count). The number of aryl methyl sites for hydroxylation is 1. The molecule has 2 heterocycles. The Hall–Kier alpha value is -1.59. The third-order valence-corrected chi connectivity index (χ3v) is 5.43. The molecule has 1 saturated heterocycles. The number of anilines is 1. The first-order valence-corrected chi connectivity index (χ1v) is 9.66. The molecule has 1 N–H and O–H groups in total. The summed E-state index contributed by atoms with van der Waals surface area (Å²) in [6, 6.07) is 8.37. The van der Waals surface area contributed by atoms with Crippen LogP contribution in [0.3, 0.4) is 0 Å². The number of hydrogen-bond donors (Lipinski definition) is 1. The van der Waals surface area contributed by atoms with Crippen LogP contribution in [-0.4, -0.2) is 56.9 Å². The van der Waals surface area contributed by atoms with Gasteiger partial charge in [0.25, 0.3) is 0 Å². The number of para-hydroxylation sites is 1. The lowest BCUT2D eigenvalue weighted by Crippen LogP contribution is -2.46. The van der Waals surface area contributed by atoms with Gasteiger partial charge in [0.1, 0.15) is 0 Å². The number of carbonyl (C=O) groups is 1. The second-order valence-corrected chi connectivity index (χ2v) is 7.10. The molecule has 138 valence electrons. The number of likely N-dealkylation sites (tertiary alicyclic amines) is 1. The van der Waals surface area contributed by atoms with Crippen molar-refractivity contribution >= 4 is 11.7 Å². The van der Waals surface area contributed by atoms with Gasteiger partial charge >= 0.3 is 6.03 Å². The summed E-state index contributed by atoms with van der Waals surface area (Å²) >= 11 is 0. The van der Waals surface area contributed by atoms with Crippen LogP contribution in [-0.2, 0) is 11.2 Å². The standard InChI is InChI=1S/C20H31N3O2/c1-25-18-10-14-22(15-11-18)16-12-21-20(24)23-13-6-2-3-7-17-8-4-5-9-19(17)23/h4-5,8-9,18H,2-3,6-7,10-16H2,1H3,(H,21,24). The second-order valence-electron chi connectivity index (χ2n) is 7.10. The number of rotatable bonds is 4. The first-order chi connectivity index (χ1) is 12.3. The molecule has 0 atom stereocenters. The highest BCUT2D eigenvalue weighted by molar-refractivity contribution is 5.92. The van der Waals surface area contributed by atoms with Crippen LogP contribution in [0.25, 0.3) is 0 Å². The summed E-state index contributed by atoms with van der Waals surface area (Å²) in [4.78, 5) is 17.1. The quantitative estimate of drug-likeness (QED) is 0.912. The number of fused-ring (bicyclic) bond motifs is 1. The molecule has 5 heteroatoms. The van der Waals surface area contributed by atoms with Gasteiger partial charge in [-0.15, -0.1) is 0 Å². The smallest absolute Gasteiger partial charge is 0.321 e. The highest BCUT2D eigenvalue weighted by atomic mass is 16.5. The number of urea groups is 1. The fourth-order valence-corrected chi connectivity index (χ4v) is 3.86. The van der Waals surface area contributed by atoms with E-state index in [-0.39, 0.29) is 6.03 Å². The molecule has 0 unspecified atom stereocenters. The minimum atomic E-state index is 0.0427. The molecule has 2 aliphatic heterocycles. The maximum absolute atomic E-state index is 12.7. The maximum Gasteiger partial charge on any atom is 0.321 e. The lowest BCUT2D eigenvalue weighted by atomic mass is 10.0. The topological polar surface area (TPSA) is 44.8 Å². The molecule has 5 nitrogen and oxygen atoms in total. The molecule has 0 aliphatic carbocycles. The van der Waals surface area contributed by atoms with Crippen LogP contribution in [0, 0.1) is 0 Å². The van der Waals surface area contributed by atoms with Crippen molar-refractivity contribution in [1.29, 1.82) is 0 Å². The number of piperidine rings is 1. The summed E-state index contributed by atoms with van der Waals surface area (Å²) in [5.74, 6) is 0. The highest BCUT2D eigenvalue weighted by Crippen LogP contribution is 2.25. The molecule has 1 aromatic carbocycles. The fourth-order valence-electron chi connectivity index (χ4n) is 3.86. The Morgan fingerprint density at radius 2 is 1.96 bits per heavy atom. The second kappa shape index (κ2) is 9.20. The Bertz CT molecular complexity index is 556. The summed E-state index contributed by atoms with van der Waals surface area (Å²) in [6.07, 6.45) is 7.12. The van der Waals surface area contributed by atoms with Gasteiger partial charge < -0.3 is 15.0 Å². The van der Waals surface area contributed by atoms with Crippen LogP contribution in [0.1, 0.15) is 37.7 Å².